The van der Waals surface area contributed by atoms with Crippen molar-refractivity contribution in [3.8, 4) is 0 Å². The van der Waals surface area contributed by atoms with Crippen molar-refractivity contribution >= 4 is 17.2 Å². The zero-order valence-electron chi connectivity index (χ0n) is 11.7. The van der Waals surface area contributed by atoms with Crippen molar-refractivity contribution < 1.29 is 14.5 Å². The summed E-state index contributed by atoms with van der Waals surface area (Å²) >= 11 is 0. The smallest absolute Gasteiger partial charge is 0.270 e. The minimum atomic E-state index is -0.479. The molecule has 0 aromatic heterocycles. The van der Waals surface area contributed by atoms with Crippen LogP contribution in [0.2, 0.25) is 0 Å². The fourth-order valence-corrected chi connectivity index (χ4v) is 2.48. The molecule has 1 aromatic carbocycles. The number of carbonyl (C=O) groups excluding carboxylic acids is 1. The Morgan fingerprint density at radius 3 is 2.90 bits per heavy atom. The lowest BCUT2D eigenvalue weighted by atomic mass is 10.0. The van der Waals surface area contributed by atoms with E-state index < -0.39 is 4.92 Å². The number of rotatable bonds is 4. The number of benzene rings is 1. The summed E-state index contributed by atoms with van der Waals surface area (Å²) in [5, 5.41) is 10.8. The van der Waals surface area contributed by atoms with E-state index in [-0.39, 0.29) is 17.5 Å². The van der Waals surface area contributed by atoms with Gasteiger partial charge in [-0.15, -0.1) is 0 Å². The summed E-state index contributed by atoms with van der Waals surface area (Å²) in [5.74, 6) is -0.162. The highest BCUT2D eigenvalue weighted by Gasteiger charge is 2.25. The average Bonchev–Trinajstić information content (AvgIpc) is 2.46. The molecular weight excluding hydrogens is 260 g/mol. The largest absolute Gasteiger partial charge is 0.377 e. The van der Waals surface area contributed by atoms with E-state index in [0.717, 1.165) is 12.1 Å². The van der Waals surface area contributed by atoms with Crippen LogP contribution in [-0.4, -0.2) is 36.5 Å². The second-order valence-electron chi connectivity index (χ2n) is 4.85. The van der Waals surface area contributed by atoms with Gasteiger partial charge in [-0.25, -0.2) is 0 Å². The van der Waals surface area contributed by atoms with Gasteiger partial charge in [-0.2, -0.15) is 0 Å². The van der Waals surface area contributed by atoms with Crippen molar-refractivity contribution in [2.75, 3.05) is 24.7 Å². The summed E-state index contributed by atoms with van der Waals surface area (Å²) in [7, 11) is 0. The lowest BCUT2D eigenvalue weighted by Gasteiger charge is -2.37. The van der Waals surface area contributed by atoms with Crippen molar-refractivity contribution in [2.45, 2.75) is 26.3 Å². The number of nitro groups is 1. The molecule has 2 rings (SSSR count). The van der Waals surface area contributed by atoms with Crippen LogP contribution in [0, 0.1) is 10.1 Å². The Balaban J connectivity index is 2.44. The average molecular weight is 278 g/mol. The van der Waals surface area contributed by atoms with Gasteiger partial charge in [0, 0.05) is 29.9 Å². The molecular formula is C14H18N2O4. The molecule has 0 bridgehead atoms. The quantitative estimate of drug-likeness (QED) is 0.480. The van der Waals surface area contributed by atoms with Crippen molar-refractivity contribution in [2.24, 2.45) is 0 Å². The van der Waals surface area contributed by atoms with Crippen molar-refractivity contribution in [3.05, 3.63) is 33.9 Å². The summed E-state index contributed by atoms with van der Waals surface area (Å²) in [6.07, 6.45) is 0.897. The molecule has 1 fully saturated rings. The molecule has 20 heavy (non-hydrogen) atoms. The Kier molecular flexibility index (Phi) is 4.34. The van der Waals surface area contributed by atoms with Gasteiger partial charge in [0.05, 0.1) is 24.2 Å². The molecule has 0 spiro atoms. The lowest BCUT2D eigenvalue weighted by molar-refractivity contribution is -0.384. The second kappa shape index (κ2) is 6.00. The van der Waals surface area contributed by atoms with Crippen molar-refractivity contribution in [1.29, 1.82) is 0 Å². The number of morpholine rings is 1. The van der Waals surface area contributed by atoms with Gasteiger partial charge in [-0.05, 0) is 19.4 Å². The normalized spacial score (nSPS) is 18.9. The molecule has 1 unspecified atom stereocenters. The summed E-state index contributed by atoms with van der Waals surface area (Å²) in [5.41, 5.74) is 1.11. The van der Waals surface area contributed by atoms with E-state index in [2.05, 4.69) is 11.8 Å². The zero-order valence-corrected chi connectivity index (χ0v) is 11.7. The Morgan fingerprint density at radius 2 is 2.30 bits per heavy atom. The number of ketones is 1. The van der Waals surface area contributed by atoms with Gasteiger partial charge < -0.3 is 9.64 Å². The van der Waals surface area contributed by atoms with Gasteiger partial charge >= 0.3 is 0 Å². The highest BCUT2D eigenvalue weighted by atomic mass is 16.6. The van der Waals surface area contributed by atoms with Gasteiger partial charge in [0.25, 0.3) is 5.69 Å². The highest BCUT2D eigenvalue weighted by Crippen LogP contribution is 2.29. The molecule has 1 aliphatic heterocycles. The molecule has 6 nitrogen and oxygen atoms in total. The first-order chi connectivity index (χ1) is 9.54. The first-order valence-corrected chi connectivity index (χ1v) is 6.68. The number of nitro benzene ring substituents is 1. The molecule has 6 heteroatoms. The maximum atomic E-state index is 11.8. The fourth-order valence-electron chi connectivity index (χ4n) is 2.48. The van der Waals surface area contributed by atoms with Gasteiger partial charge in [-0.1, -0.05) is 6.92 Å². The molecule has 0 amide bonds. The Labute approximate surface area is 117 Å². The molecule has 1 heterocycles. The summed E-state index contributed by atoms with van der Waals surface area (Å²) in [4.78, 5) is 24.3. The number of nitrogens with zero attached hydrogens (tertiary/aromatic N) is 2. The number of carbonyl (C=O) groups is 1. The van der Waals surface area contributed by atoms with Gasteiger partial charge in [0.1, 0.15) is 0 Å². The third kappa shape index (κ3) is 2.80. The first kappa shape index (κ1) is 14.5. The molecule has 0 N–H and O–H groups in total. The molecule has 0 aliphatic carbocycles. The van der Waals surface area contributed by atoms with Crippen LogP contribution in [0.1, 0.15) is 30.6 Å². The van der Waals surface area contributed by atoms with Crippen LogP contribution in [0.15, 0.2) is 18.2 Å². The Morgan fingerprint density at radius 1 is 1.55 bits per heavy atom. The van der Waals surface area contributed by atoms with Gasteiger partial charge in [0.15, 0.2) is 5.78 Å². The van der Waals surface area contributed by atoms with Crippen LogP contribution >= 0.6 is 0 Å². The molecule has 1 saturated heterocycles. The van der Waals surface area contributed by atoms with Crippen LogP contribution in [-0.2, 0) is 4.74 Å². The number of hydrogen-bond donors (Lipinski definition) is 0. The minimum Gasteiger partial charge on any atom is -0.377 e. The van der Waals surface area contributed by atoms with Gasteiger partial charge in [-0.3, -0.25) is 14.9 Å². The van der Waals surface area contributed by atoms with Crippen LogP contribution in [0.5, 0.6) is 0 Å². The van der Waals surface area contributed by atoms with E-state index in [1.54, 1.807) is 6.07 Å². The van der Waals surface area contributed by atoms with Crippen LogP contribution in [0.3, 0.4) is 0 Å². The predicted molar refractivity (Wildman–Crippen MR) is 75.3 cm³/mol. The monoisotopic (exact) mass is 278 g/mol. The highest BCUT2D eigenvalue weighted by molar-refractivity contribution is 6.00. The number of anilines is 1. The third-order valence-electron chi connectivity index (χ3n) is 3.58. The topological polar surface area (TPSA) is 72.7 Å². The molecule has 1 aromatic rings. The Bertz CT molecular complexity index is 530. The van der Waals surface area contributed by atoms with E-state index >= 15 is 0 Å². The third-order valence-corrected chi connectivity index (χ3v) is 3.58. The van der Waals surface area contributed by atoms with Crippen LogP contribution in [0.25, 0.3) is 0 Å². The van der Waals surface area contributed by atoms with E-state index in [4.69, 9.17) is 4.74 Å². The maximum Gasteiger partial charge on any atom is 0.270 e. The molecule has 108 valence electrons. The van der Waals surface area contributed by atoms with Gasteiger partial charge in [0.2, 0.25) is 0 Å². The Hall–Kier alpha value is -1.95. The molecule has 1 aliphatic rings. The predicted octanol–water partition coefficient (Wildman–Crippen LogP) is 2.41. The van der Waals surface area contributed by atoms with E-state index in [1.807, 2.05) is 0 Å². The maximum absolute atomic E-state index is 11.8. The summed E-state index contributed by atoms with van der Waals surface area (Å²) < 4.78 is 5.45. The zero-order chi connectivity index (χ0) is 14.7. The van der Waals surface area contributed by atoms with Crippen molar-refractivity contribution in [3.63, 3.8) is 0 Å². The van der Waals surface area contributed by atoms with E-state index in [1.165, 1.54) is 19.1 Å². The second-order valence-corrected chi connectivity index (χ2v) is 4.85. The standard InChI is InChI=1S/C14H18N2O4/c1-3-11-9-20-7-6-15(11)14-5-4-12(16(18)19)8-13(14)10(2)17/h4-5,8,11H,3,6-7,9H2,1-2H3. The summed E-state index contributed by atoms with van der Waals surface area (Å²) in [6.45, 7) is 5.40. The van der Waals surface area contributed by atoms with Crippen LogP contribution < -0.4 is 4.90 Å². The minimum absolute atomic E-state index is 0.0553. The fraction of sp³-hybridized carbons (Fsp3) is 0.500. The number of hydrogen-bond acceptors (Lipinski definition) is 5. The molecule has 0 radical (unpaired) electrons. The van der Waals surface area contributed by atoms with Crippen LogP contribution in [0.4, 0.5) is 11.4 Å². The summed E-state index contributed by atoms with van der Waals surface area (Å²) in [6, 6.07) is 4.68. The SMILES string of the molecule is CCC1COCCN1c1ccc([N+](=O)[O-])cc1C(C)=O. The number of ether oxygens (including phenoxy) is 1. The van der Waals surface area contributed by atoms with Crippen molar-refractivity contribution in [1.82, 2.24) is 0 Å². The van der Waals surface area contributed by atoms with E-state index in [9.17, 15) is 14.9 Å². The van der Waals surface area contributed by atoms with E-state index in [0.29, 0.717) is 25.3 Å². The number of Topliss-reactive ketones (excluding diaryl/α,β-unsaturated/α-hetero) is 1. The molecule has 0 saturated carbocycles. The first-order valence-electron chi connectivity index (χ1n) is 6.68. The molecule has 1 atom stereocenters. The number of non-ortho nitro benzene ring substituents is 1. The lowest BCUT2D eigenvalue weighted by Crippen LogP contribution is -2.45.